The Morgan fingerprint density at radius 1 is 0.650 bits per heavy atom. The van der Waals surface area contributed by atoms with Gasteiger partial charge in [0.05, 0.1) is 0 Å². The van der Waals surface area contributed by atoms with Gasteiger partial charge in [-0.1, -0.05) is 72.3 Å². The molecule has 0 saturated heterocycles. The Hall–Kier alpha value is -2.12. The molecule has 3 aromatic rings. The molecular formula is C18H12ClF. The molecule has 3 aromatic carbocycles. The summed E-state index contributed by atoms with van der Waals surface area (Å²) < 4.78 is 14.3. The number of hydrogen-bond acceptors (Lipinski definition) is 0. The average molecular weight is 283 g/mol. The lowest BCUT2D eigenvalue weighted by Crippen LogP contribution is -1.90. The van der Waals surface area contributed by atoms with E-state index in [0.717, 1.165) is 16.7 Å². The van der Waals surface area contributed by atoms with E-state index in [1.54, 1.807) is 6.07 Å². The van der Waals surface area contributed by atoms with Crippen LogP contribution in [0.15, 0.2) is 72.8 Å². The van der Waals surface area contributed by atoms with E-state index in [2.05, 4.69) is 0 Å². The van der Waals surface area contributed by atoms with E-state index in [1.165, 1.54) is 6.07 Å². The van der Waals surface area contributed by atoms with Crippen LogP contribution in [0.1, 0.15) is 0 Å². The fourth-order valence-corrected chi connectivity index (χ4v) is 2.56. The van der Waals surface area contributed by atoms with Gasteiger partial charge in [0.25, 0.3) is 0 Å². The Bertz CT molecular complexity index is 735. The molecule has 0 saturated carbocycles. The highest BCUT2D eigenvalue weighted by molar-refractivity contribution is 6.33. The first kappa shape index (κ1) is 12.9. The Kier molecular flexibility index (Phi) is 3.53. The second-order valence-electron chi connectivity index (χ2n) is 4.51. The first-order valence-corrected chi connectivity index (χ1v) is 6.74. The van der Waals surface area contributed by atoms with Crippen LogP contribution in [-0.4, -0.2) is 0 Å². The molecule has 0 radical (unpaired) electrons. The van der Waals surface area contributed by atoms with Crippen LogP contribution in [0.4, 0.5) is 4.39 Å². The molecule has 0 aliphatic carbocycles. The molecule has 0 N–H and O–H groups in total. The van der Waals surface area contributed by atoms with Crippen LogP contribution in [-0.2, 0) is 0 Å². The van der Waals surface area contributed by atoms with Crippen molar-refractivity contribution in [2.24, 2.45) is 0 Å². The third kappa shape index (κ3) is 2.33. The van der Waals surface area contributed by atoms with E-state index in [4.69, 9.17) is 11.6 Å². The molecule has 0 nitrogen and oxygen atoms in total. The maximum Gasteiger partial charge on any atom is 0.131 e. The predicted octanol–water partition coefficient (Wildman–Crippen LogP) is 5.81. The van der Waals surface area contributed by atoms with Gasteiger partial charge in [0.2, 0.25) is 0 Å². The van der Waals surface area contributed by atoms with Crippen molar-refractivity contribution in [3.05, 3.63) is 83.6 Å². The summed E-state index contributed by atoms with van der Waals surface area (Å²) in [6.45, 7) is 0. The molecule has 0 atom stereocenters. The van der Waals surface area contributed by atoms with Gasteiger partial charge in [-0.15, -0.1) is 0 Å². The zero-order chi connectivity index (χ0) is 13.9. The summed E-state index contributed by atoms with van der Waals surface area (Å²) in [6.07, 6.45) is 0. The minimum Gasteiger partial charge on any atom is -0.206 e. The summed E-state index contributed by atoms with van der Waals surface area (Å²) in [4.78, 5) is 0. The molecular weight excluding hydrogens is 271 g/mol. The summed E-state index contributed by atoms with van der Waals surface area (Å²) in [5.41, 5.74) is 3.08. The molecule has 0 amide bonds. The highest BCUT2D eigenvalue weighted by Crippen LogP contribution is 2.37. The van der Waals surface area contributed by atoms with Crippen LogP contribution in [0.2, 0.25) is 5.02 Å². The first-order valence-electron chi connectivity index (χ1n) is 6.36. The molecule has 3 rings (SSSR count). The highest BCUT2D eigenvalue weighted by Gasteiger charge is 2.13. The van der Waals surface area contributed by atoms with E-state index in [1.807, 2.05) is 60.7 Å². The molecule has 98 valence electrons. The van der Waals surface area contributed by atoms with Crippen LogP contribution in [0.3, 0.4) is 0 Å². The van der Waals surface area contributed by atoms with Gasteiger partial charge in [0.15, 0.2) is 0 Å². The molecule has 0 unspecified atom stereocenters. The van der Waals surface area contributed by atoms with Gasteiger partial charge in [-0.25, -0.2) is 4.39 Å². The predicted molar refractivity (Wildman–Crippen MR) is 82.3 cm³/mol. The largest absolute Gasteiger partial charge is 0.206 e. The second kappa shape index (κ2) is 5.48. The number of rotatable bonds is 2. The Balaban J connectivity index is 2.28. The van der Waals surface area contributed by atoms with Crippen LogP contribution in [0, 0.1) is 5.82 Å². The Morgan fingerprint density at radius 3 is 2.05 bits per heavy atom. The fourth-order valence-electron chi connectivity index (χ4n) is 2.33. The van der Waals surface area contributed by atoms with E-state index in [9.17, 15) is 4.39 Å². The van der Waals surface area contributed by atoms with Crippen LogP contribution in [0.5, 0.6) is 0 Å². The molecule has 0 aromatic heterocycles. The van der Waals surface area contributed by atoms with Crippen molar-refractivity contribution in [2.45, 2.75) is 0 Å². The van der Waals surface area contributed by atoms with Crippen molar-refractivity contribution in [2.75, 3.05) is 0 Å². The molecule has 0 aliphatic rings. The maximum absolute atomic E-state index is 14.3. The van der Waals surface area contributed by atoms with E-state index in [-0.39, 0.29) is 5.82 Å². The summed E-state index contributed by atoms with van der Waals surface area (Å²) in [5.74, 6) is -0.242. The van der Waals surface area contributed by atoms with Crippen molar-refractivity contribution < 1.29 is 4.39 Å². The SMILES string of the molecule is Fc1cccc(-c2ccccc2Cl)c1-c1ccccc1. The van der Waals surface area contributed by atoms with Gasteiger partial charge in [-0.3, -0.25) is 0 Å². The normalized spacial score (nSPS) is 10.5. The number of halogens is 2. The fraction of sp³-hybridized carbons (Fsp3) is 0. The van der Waals surface area contributed by atoms with E-state index in [0.29, 0.717) is 10.6 Å². The van der Waals surface area contributed by atoms with Gasteiger partial charge < -0.3 is 0 Å². The summed E-state index contributed by atoms with van der Waals surface area (Å²) in [5, 5.41) is 0.621. The van der Waals surface area contributed by atoms with Gasteiger partial charge in [-0.05, 0) is 23.3 Å². The zero-order valence-corrected chi connectivity index (χ0v) is 11.4. The third-order valence-electron chi connectivity index (χ3n) is 3.24. The quantitative estimate of drug-likeness (QED) is 0.556. The Labute approximate surface area is 122 Å². The van der Waals surface area contributed by atoms with Crippen molar-refractivity contribution in [3.63, 3.8) is 0 Å². The van der Waals surface area contributed by atoms with Gasteiger partial charge in [-0.2, -0.15) is 0 Å². The molecule has 0 spiro atoms. The van der Waals surface area contributed by atoms with Crippen molar-refractivity contribution in [3.8, 4) is 22.3 Å². The maximum atomic E-state index is 14.3. The lowest BCUT2D eigenvalue weighted by atomic mass is 9.94. The average Bonchev–Trinajstić information content (AvgIpc) is 2.48. The smallest absolute Gasteiger partial charge is 0.131 e. The van der Waals surface area contributed by atoms with Gasteiger partial charge in [0, 0.05) is 16.1 Å². The summed E-state index contributed by atoms with van der Waals surface area (Å²) in [6, 6.07) is 22.1. The second-order valence-corrected chi connectivity index (χ2v) is 4.92. The summed E-state index contributed by atoms with van der Waals surface area (Å²) >= 11 is 6.25. The summed E-state index contributed by atoms with van der Waals surface area (Å²) in [7, 11) is 0. The Morgan fingerprint density at radius 2 is 1.30 bits per heavy atom. The van der Waals surface area contributed by atoms with E-state index >= 15 is 0 Å². The molecule has 0 bridgehead atoms. The van der Waals surface area contributed by atoms with Gasteiger partial charge >= 0.3 is 0 Å². The van der Waals surface area contributed by atoms with Crippen molar-refractivity contribution in [1.82, 2.24) is 0 Å². The molecule has 0 heterocycles. The van der Waals surface area contributed by atoms with Crippen LogP contribution < -0.4 is 0 Å². The van der Waals surface area contributed by atoms with Gasteiger partial charge in [0.1, 0.15) is 5.82 Å². The molecule has 0 aliphatic heterocycles. The van der Waals surface area contributed by atoms with Crippen molar-refractivity contribution >= 4 is 11.6 Å². The van der Waals surface area contributed by atoms with Crippen molar-refractivity contribution in [1.29, 1.82) is 0 Å². The molecule has 20 heavy (non-hydrogen) atoms. The topological polar surface area (TPSA) is 0 Å². The van der Waals surface area contributed by atoms with Crippen LogP contribution in [0.25, 0.3) is 22.3 Å². The minimum atomic E-state index is -0.242. The first-order chi connectivity index (χ1) is 9.77. The van der Waals surface area contributed by atoms with E-state index < -0.39 is 0 Å². The molecule has 0 fully saturated rings. The third-order valence-corrected chi connectivity index (χ3v) is 3.57. The lowest BCUT2D eigenvalue weighted by Gasteiger charge is -2.12. The lowest BCUT2D eigenvalue weighted by molar-refractivity contribution is 0.632. The molecule has 2 heteroatoms. The number of benzene rings is 3. The minimum absolute atomic E-state index is 0.242. The monoisotopic (exact) mass is 282 g/mol. The standard InChI is InChI=1S/C18H12ClF/c19-16-11-5-4-9-14(16)15-10-6-12-17(20)18(15)13-7-2-1-3-8-13/h1-12H. The number of hydrogen-bond donors (Lipinski definition) is 0. The zero-order valence-electron chi connectivity index (χ0n) is 10.7. The highest BCUT2D eigenvalue weighted by atomic mass is 35.5. The van der Waals surface area contributed by atoms with Crippen LogP contribution >= 0.6 is 11.6 Å².